The quantitative estimate of drug-likeness (QED) is 0.455. The van der Waals surface area contributed by atoms with Gasteiger partial charge < -0.3 is 21.7 Å². The SMILES string of the molecule is COCC[n+]1ccc(C(C)=O)cc1.[Br-]. The third kappa shape index (κ3) is 3.98. The Balaban J connectivity index is 0.00000169. The van der Waals surface area contributed by atoms with Crippen molar-refractivity contribution in [3.63, 3.8) is 0 Å². The number of hydrogen-bond acceptors (Lipinski definition) is 2. The first-order valence-corrected chi connectivity index (χ1v) is 4.23. The van der Waals surface area contributed by atoms with E-state index in [4.69, 9.17) is 4.74 Å². The minimum Gasteiger partial charge on any atom is -1.00 e. The van der Waals surface area contributed by atoms with Crippen LogP contribution in [0.15, 0.2) is 24.5 Å². The monoisotopic (exact) mass is 259 g/mol. The van der Waals surface area contributed by atoms with E-state index in [2.05, 4.69) is 0 Å². The Bertz CT molecular complexity index is 285. The highest BCUT2D eigenvalue weighted by atomic mass is 79.9. The maximum absolute atomic E-state index is 10.9. The Kier molecular flexibility index (Phi) is 6.32. The largest absolute Gasteiger partial charge is 1.00 e. The molecule has 78 valence electrons. The fourth-order valence-corrected chi connectivity index (χ4v) is 1.04. The molecule has 0 saturated heterocycles. The van der Waals surface area contributed by atoms with Crippen LogP contribution in [0.25, 0.3) is 0 Å². The van der Waals surface area contributed by atoms with Gasteiger partial charge in [-0.3, -0.25) is 4.79 Å². The van der Waals surface area contributed by atoms with E-state index in [9.17, 15) is 4.79 Å². The van der Waals surface area contributed by atoms with E-state index < -0.39 is 0 Å². The van der Waals surface area contributed by atoms with Crippen LogP contribution in [0.2, 0.25) is 0 Å². The lowest BCUT2D eigenvalue weighted by Crippen LogP contribution is -3.00. The summed E-state index contributed by atoms with van der Waals surface area (Å²) in [6.07, 6.45) is 3.77. The summed E-state index contributed by atoms with van der Waals surface area (Å²) in [7, 11) is 1.67. The van der Waals surface area contributed by atoms with E-state index in [1.807, 2.05) is 29.1 Å². The second-order valence-electron chi connectivity index (χ2n) is 2.87. The van der Waals surface area contributed by atoms with E-state index in [0.717, 1.165) is 12.1 Å². The van der Waals surface area contributed by atoms with Crippen molar-refractivity contribution >= 4 is 5.78 Å². The molecule has 0 unspecified atom stereocenters. The summed E-state index contributed by atoms with van der Waals surface area (Å²) in [5.74, 6) is 0.0962. The summed E-state index contributed by atoms with van der Waals surface area (Å²) in [4.78, 5) is 10.9. The number of ether oxygens (including phenoxy) is 1. The summed E-state index contributed by atoms with van der Waals surface area (Å²) in [5, 5.41) is 0. The van der Waals surface area contributed by atoms with Crippen molar-refractivity contribution in [1.29, 1.82) is 0 Å². The van der Waals surface area contributed by atoms with Crippen LogP contribution >= 0.6 is 0 Å². The fourth-order valence-electron chi connectivity index (χ4n) is 1.04. The Morgan fingerprint density at radius 1 is 1.43 bits per heavy atom. The molecule has 0 aliphatic rings. The lowest BCUT2D eigenvalue weighted by Gasteiger charge is -1.96. The molecule has 0 saturated carbocycles. The van der Waals surface area contributed by atoms with Gasteiger partial charge in [-0.05, 0) is 6.92 Å². The maximum Gasteiger partial charge on any atom is 0.171 e. The van der Waals surface area contributed by atoms with Gasteiger partial charge in [-0.1, -0.05) is 0 Å². The zero-order valence-corrected chi connectivity index (χ0v) is 9.95. The number of halogens is 1. The first-order chi connectivity index (χ1) is 6.24. The van der Waals surface area contributed by atoms with Crippen LogP contribution in [0.4, 0.5) is 0 Å². The van der Waals surface area contributed by atoms with Gasteiger partial charge in [0.25, 0.3) is 0 Å². The minimum absolute atomic E-state index is 0. The molecule has 1 rings (SSSR count). The highest BCUT2D eigenvalue weighted by Crippen LogP contribution is 1.95. The van der Waals surface area contributed by atoms with Gasteiger partial charge in [0.15, 0.2) is 24.7 Å². The van der Waals surface area contributed by atoms with Gasteiger partial charge in [0.05, 0.1) is 0 Å². The Labute approximate surface area is 94.5 Å². The lowest BCUT2D eigenvalue weighted by molar-refractivity contribution is -0.698. The molecule has 3 nitrogen and oxygen atoms in total. The molecule has 1 heterocycles. The summed E-state index contributed by atoms with van der Waals surface area (Å²) >= 11 is 0. The molecule has 14 heavy (non-hydrogen) atoms. The van der Waals surface area contributed by atoms with Gasteiger partial charge in [0.1, 0.15) is 6.61 Å². The summed E-state index contributed by atoms with van der Waals surface area (Å²) in [6, 6.07) is 3.63. The van der Waals surface area contributed by atoms with Gasteiger partial charge in [-0.15, -0.1) is 0 Å². The Hall–Kier alpha value is -0.740. The number of methoxy groups -OCH3 is 1. The molecule has 0 spiro atoms. The number of carbonyl (C=O) groups is 1. The molecule has 0 N–H and O–H groups in total. The summed E-state index contributed by atoms with van der Waals surface area (Å²) in [5.41, 5.74) is 0.744. The maximum atomic E-state index is 10.9. The van der Waals surface area contributed by atoms with Crippen LogP contribution in [0.1, 0.15) is 17.3 Å². The Morgan fingerprint density at radius 3 is 2.43 bits per heavy atom. The van der Waals surface area contributed by atoms with E-state index in [1.165, 1.54) is 0 Å². The van der Waals surface area contributed by atoms with Crippen molar-refractivity contribution in [3.05, 3.63) is 30.1 Å². The molecule has 0 amide bonds. The van der Waals surface area contributed by atoms with Crippen molar-refractivity contribution in [2.24, 2.45) is 0 Å². The number of Topliss-reactive ketones (excluding diaryl/α,β-unsaturated/α-hetero) is 1. The van der Waals surface area contributed by atoms with Gasteiger partial charge >= 0.3 is 0 Å². The number of hydrogen-bond donors (Lipinski definition) is 0. The van der Waals surface area contributed by atoms with Crippen LogP contribution in [0.3, 0.4) is 0 Å². The van der Waals surface area contributed by atoms with Crippen LogP contribution < -0.4 is 21.5 Å². The molecule has 1 aromatic heterocycles. The molecule has 0 bridgehead atoms. The number of nitrogens with zero attached hydrogens (tertiary/aromatic N) is 1. The van der Waals surface area contributed by atoms with E-state index in [0.29, 0.717) is 6.61 Å². The third-order valence-corrected chi connectivity index (χ3v) is 1.85. The molecule has 0 aromatic carbocycles. The summed E-state index contributed by atoms with van der Waals surface area (Å²) < 4.78 is 6.92. The molecule has 1 aromatic rings. The average molecular weight is 260 g/mol. The molecule has 0 atom stereocenters. The van der Waals surface area contributed by atoms with Crippen LogP contribution in [-0.4, -0.2) is 19.5 Å². The number of pyridine rings is 1. The lowest BCUT2D eigenvalue weighted by atomic mass is 10.2. The minimum atomic E-state index is 0. The molecule has 0 fully saturated rings. The highest BCUT2D eigenvalue weighted by molar-refractivity contribution is 5.93. The van der Waals surface area contributed by atoms with E-state index >= 15 is 0 Å². The van der Waals surface area contributed by atoms with Crippen molar-refractivity contribution in [2.45, 2.75) is 13.5 Å². The molecular formula is C10H14BrNO2. The second kappa shape index (κ2) is 6.68. The Morgan fingerprint density at radius 2 is 2.00 bits per heavy atom. The summed E-state index contributed by atoms with van der Waals surface area (Å²) in [6.45, 7) is 3.06. The van der Waals surface area contributed by atoms with Crippen molar-refractivity contribution in [1.82, 2.24) is 0 Å². The van der Waals surface area contributed by atoms with E-state index in [1.54, 1.807) is 14.0 Å². The number of aromatic nitrogens is 1. The number of ketones is 1. The van der Waals surface area contributed by atoms with Crippen LogP contribution in [0, 0.1) is 0 Å². The zero-order valence-electron chi connectivity index (χ0n) is 8.37. The van der Waals surface area contributed by atoms with Gasteiger partial charge in [0, 0.05) is 24.8 Å². The molecule has 0 aliphatic heterocycles. The van der Waals surface area contributed by atoms with E-state index in [-0.39, 0.29) is 22.8 Å². The van der Waals surface area contributed by atoms with Gasteiger partial charge in [-0.25, -0.2) is 4.57 Å². The molecule has 4 heteroatoms. The first-order valence-electron chi connectivity index (χ1n) is 4.23. The fraction of sp³-hybridized carbons (Fsp3) is 0.400. The van der Waals surface area contributed by atoms with Crippen molar-refractivity contribution < 1.29 is 31.1 Å². The number of carbonyl (C=O) groups excluding carboxylic acids is 1. The van der Waals surface area contributed by atoms with Crippen LogP contribution in [0.5, 0.6) is 0 Å². The van der Waals surface area contributed by atoms with Crippen molar-refractivity contribution in [3.8, 4) is 0 Å². The predicted molar refractivity (Wildman–Crippen MR) is 48.5 cm³/mol. The normalized spacial score (nSPS) is 9.29. The standard InChI is InChI=1S/C10H14NO2.BrH/c1-9(12)10-3-5-11(6-4-10)7-8-13-2;/h3-6H,7-8H2,1-2H3;1H/q+1;/p-1. The number of rotatable bonds is 4. The molecule has 0 aliphatic carbocycles. The molecule has 0 radical (unpaired) electrons. The average Bonchev–Trinajstić information content (AvgIpc) is 2.15. The topological polar surface area (TPSA) is 30.2 Å². The van der Waals surface area contributed by atoms with Gasteiger partial charge in [0.2, 0.25) is 0 Å². The third-order valence-electron chi connectivity index (χ3n) is 1.85. The second-order valence-corrected chi connectivity index (χ2v) is 2.87. The first kappa shape index (κ1) is 13.3. The van der Waals surface area contributed by atoms with Crippen molar-refractivity contribution in [2.75, 3.05) is 13.7 Å². The molecular weight excluding hydrogens is 246 g/mol. The predicted octanol–water partition coefficient (Wildman–Crippen LogP) is -2.17. The zero-order chi connectivity index (χ0) is 9.68. The van der Waals surface area contributed by atoms with Gasteiger partial charge in [-0.2, -0.15) is 0 Å². The van der Waals surface area contributed by atoms with Crippen LogP contribution in [-0.2, 0) is 11.3 Å². The highest BCUT2D eigenvalue weighted by Gasteiger charge is 2.02. The smallest absolute Gasteiger partial charge is 0.171 e.